The van der Waals surface area contributed by atoms with E-state index in [9.17, 15) is 14.4 Å². The van der Waals surface area contributed by atoms with Crippen molar-refractivity contribution in [2.45, 2.75) is 38.6 Å². The smallest absolute Gasteiger partial charge is 0.326 e. The third-order valence-electron chi connectivity index (χ3n) is 4.31. The molecule has 2 aliphatic heterocycles. The second kappa shape index (κ2) is 6.78. The lowest BCUT2D eigenvalue weighted by atomic mass is 9.97. The number of piperidine rings is 1. The second-order valence-corrected chi connectivity index (χ2v) is 5.84. The van der Waals surface area contributed by atoms with Gasteiger partial charge in [-0.25, -0.2) is 9.59 Å². The molecule has 2 aliphatic rings. The van der Waals surface area contributed by atoms with Crippen molar-refractivity contribution in [2.24, 2.45) is 5.92 Å². The Kier molecular flexibility index (Phi) is 5.03. The first-order valence-corrected chi connectivity index (χ1v) is 7.52. The van der Waals surface area contributed by atoms with Gasteiger partial charge in [-0.3, -0.25) is 4.79 Å². The van der Waals surface area contributed by atoms with Crippen LogP contribution in [0.2, 0.25) is 0 Å². The monoisotopic (exact) mass is 297 g/mol. The van der Waals surface area contributed by atoms with Crippen molar-refractivity contribution in [1.82, 2.24) is 15.1 Å². The summed E-state index contributed by atoms with van der Waals surface area (Å²) in [7, 11) is 0. The first-order valence-electron chi connectivity index (χ1n) is 7.52. The third kappa shape index (κ3) is 3.86. The van der Waals surface area contributed by atoms with Gasteiger partial charge >= 0.3 is 12.0 Å². The van der Waals surface area contributed by atoms with E-state index in [0.717, 1.165) is 19.3 Å². The number of amides is 3. The van der Waals surface area contributed by atoms with Crippen molar-refractivity contribution in [3.63, 3.8) is 0 Å². The van der Waals surface area contributed by atoms with E-state index in [4.69, 9.17) is 5.11 Å². The van der Waals surface area contributed by atoms with Crippen molar-refractivity contribution in [3.05, 3.63) is 0 Å². The van der Waals surface area contributed by atoms with Crippen LogP contribution in [0.4, 0.5) is 4.79 Å². The average Bonchev–Trinajstić information content (AvgIpc) is 2.94. The SMILES string of the molecule is CC(=O)NCC1CCN(C(=O)N2CCCC2C(=O)O)CC1. The van der Waals surface area contributed by atoms with Crippen LogP contribution in [0.5, 0.6) is 0 Å². The fourth-order valence-corrected chi connectivity index (χ4v) is 3.05. The maximum Gasteiger partial charge on any atom is 0.326 e. The molecular formula is C14H23N3O4. The zero-order valence-electron chi connectivity index (χ0n) is 12.4. The first kappa shape index (κ1) is 15.6. The lowest BCUT2D eigenvalue weighted by Crippen LogP contribution is -2.50. The van der Waals surface area contributed by atoms with Gasteiger partial charge < -0.3 is 20.2 Å². The molecule has 0 aromatic rings. The Morgan fingerprint density at radius 1 is 1.14 bits per heavy atom. The van der Waals surface area contributed by atoms with Crippen LogP contribution in [0.3, 0.4) is 0 Å². The van der Waals surface area contributed by atoms with Gasteiger partial charge in [0.15, 0.2) is 0 Å². The Hall–Kier alpha value is -1.79. The Balaban J connectivity index is 1.83. The Labute approximate surface area is 124 Å². The Morgan fingerprint density at radius 3 is 2.38 bits per heavy atom. The van der Waals surface area contributed by atoms with Crippen molar-refractivity contribution in [1.29, 1.82) is 0 Å². The molecule has 0 bridgehead atoms. The summed E-state index contributed by atoms with van der Waals surface area (Å²) in [4.78, 5) is 37.7. The van der Waals surface area contributed by atoms with Gasteiger partial charge in [-0.2, -0.15) is 0 Å². The number of carbonyl (C=O) groups is 3. The number of urea groups is 1. The molecule has 3 amide bonds. The van der Waals surface area contributed by atoms with E-state index in [1.54, 1.807) is 4.90 Å². The molecule has 2 saturated heterocycles. The standard InChI is InChI=1S/C14H23N3O4/c1-10(18)15-9-11-4-7-16(8-5-11)14(21)17-6-2-3-12(17)13(19)20/h11-12H,2-9H2,1H3,(H,15,18)(H,19,20). The molecule has 7 heteroatoms. The number of aliphatic carboxylic acids is 1. The average molecular weight is 297 g/mol. The molecule has 0 radical (unpaired) electrons. The highest BCUT2D eigenvalue weighted by molar-refractivity contribution is 5.83. The molecule has 21 heavy (non-hydrogen) atoms. The van der Waals surface area contributed by atoms with Crippen LogP contribution in [-0.2, 0) is 9.59 Å². The number of carboxylic acid groups (broad SMARTS) is 1. The third-order valence-corrected chi connectivity index (χ3v) is 4.31. The topological polar surface area (TPSA) is 90.0 Å². The summed E-state index contributed by atoms with van der Waals surface area (Å²) in [5, 5.41) is 11.9. The lowest BCUT2D eigenvalue weighted by Gasteiger charge is -2.35. The van der Waals surface area contributed by atoms with Gasteiger partial charge in [-0.1, -0.05) is 0 Å². The normalized spacial score (nSPS) is 23.2. The minimum Gasteiger partial charge on any atom is -0.480 e. The molecule has 118 valence electrons. The van der Waals surface area contributed by atoms with E-state index in [2.05, 4.69) is 5.32 Å². The summed E-state index contributed by atoms with van der Waals surface area (Å²) < 4.78 is 0. The Morgan fingerprint density at radius 2 is 1.81 bits per heavy atom. The first-order chi connectivity index (χ1) is 9.99. The van der Waals surface area contributed by atoms with Crippen LogP contribution in [-0.4, -0.2) is 65.0 Å². The van der Waals surface area contributed by atoms with E-state index >= 15 is 0 Å². The highest BCUT2D eigenvalue weighted by Crippen LogP contribution is 2.23. The van der Waals surface area contributed by atoms with Gasteiger partial charge in [0.05, 0.1) is 0 Å². The van der Waals surface area contributed by atoms with E-state index in [-0.39, 0.29) is 11.9 Å². The van der Waals surface area contributed by atoms with Crippen LogP contribution >= 0.6 is 0 Å². The van der Waals surface area contributed by atoms with Gasteiger partial charge in [0.25, 0.3) is 0 Å². The van der Waals surface area contributed by atoms with Crippen LogP contribution in [0.25, 0.3) is 0 Å². The summed E-state index contributed by atoms with van der Waals surface area (Å²) in [5.41, 5.74) is 0. The van der Waals surface area contributed by atoms with Gasteiger partial charge in [0.2, 0.25) is 5.91 Å². The molecule has 2 rings (SSSR count). The summed E-state index contributed by atoms with van der Waals surface area (Å²) in [5.74, 6) is -0.553. The number of nitrogens with zero attached hydrogens (tertiary/aromatic N) is 2. The minimum atomic E-state index is -0.915. The van der Waals surface area contributed by atoms with E-state index in [0.29, 0.717) is 38.5 Å². The molecule has 7 nitrogen and oxygen atoms in total. The van der Waals surface area contributed by atoms with Crippen molar-refractivity contribution < 1.29 is 19.5 Å². The zero-order valence-corrected chi connectivity index (χ0v) is 12.4. The highest BCUT2D eigenvalue weighted by atomic mass is 16.4. The highest BCUT2D eigenvalue weighted by Gasteiger charge is 2.37. The molecule has 1 unspecified atom stereocenters. The number of likely N-dealkylation sites (tertiary alicyclic amines) is 2. The van der Waals surface area contributed by atoms with Gasteiger partial charge in [-0.15, -0.1) is 0 Å². The maximum absolute atomic E-state index is 12.4. The Bertz CT molecular complexity index is 418. The molecule has 1 atom stereocenters. The molecule has 0 aromatic heterocycles. The van der Waals surface area contributed by atoms with Crippen LogP contribution in [0.1, 0.15) is 32.6 Å². The number of rotatable bonds is 3. The summed E-state index contributed by atoms with van der Waals surface area (Å²) in [6.07, 6.45) is 2.98. The molecular weight excluding hydrogens is 274 g/mol. The van der Waals surface area contributed by atoms with Gasteiger partial charge in [0, 0.05) is 33.1 Å². The van der Waals surface area contributed by atoms with Crippen molar-refractivity contribution >= 4 is 17.9 Å². The lowest BCUT2D eigenvalue weighted by molar-refractivity contribution is -0.141. The number of nitrogens with one attached hydrogen (secondary N) is 1. The molecule has 2 fully saturated rings. The second-order valence-electron chi connectivity index (χ2n) is 5.84. The van der Waals surface area contributed by atoms with E-state index in [1.807, 2.05) is 0 Å². The summed E-state index contributed by atoms with van der Waals surface area (Å²) >= 11 is 0. The fraction of sp³-hybridized carbons (Fsp3) is 0.786. The predicted octanol–water partition coefficient (Wildman–Crippen LogP) is 0.504. The van der Waals surface area contributed by atoms with Crippen LogP contribution in [0, 0.1) is 5.92 Å². The molecule has 2 N–H and O–H groups in total. The largest absolute Gasteiger partial charge is 0.480 e. The zero-order chi connectivity index (χ0) is 15.4. The quantitative estimate of drug-likeness (QED) is 0.794. The molecule has 2 heterocycles. The number of carboxylic acids is 1. The minimum absolute atomic E-state index is 0.0325. The summed E-state index contributed by atoms with van der Waals surface area (Å²) in [6, 6.07) is -0.826. The molecule has 0 aromatic carbocycles. The molecule has 0 saturated carbocycles. The van der Waals surface area contributed by atoms with Gasteiger partial charge in [-0.05, 0) is 31.6 Å². The van der Waals surface area contributed by atoms with Crippen LogP contribution in [0.15, 0.2) is 0 Å². The van der Waals surface area contributed by atoms with E-state index in [1.165, 1.54) is 11.8 Å². The van der Waals surface area contributed by atoms with Crippen LogP contribution < -0.4 is 5.32 Å². The maximum atomic E-state index is 12.4. The van der Waals surface area contributed by atoms with Gasteiger partial charge in [0.1, 0.15) is 6.04 Å². The predicted molar refractivity (Wildman–Crippen MR) is 75.7 cm³/mol. The van der Waals surface area contributed by atoms with Crippen molar-refractivity contribution in [3.8, 4) is 0 Å². The van der Waals surface area contributed by atoms with E-state index < -0.39 is 12.0 Å². The number of hydrogen-bond donors (Lipinski definition) is 2. The number of carbonyl (C=O) groups excluding carboxylic acids is 2. The number of hydrogen-bond acceptors (Lipinski definition) is 3. The fourth-order valence-electron chi connectivity index (χ4n) is 3.05. The molecule has 0 spiro atoms. The molecule has 0 aliphatic carbocycles. The summed E-state index contributed by atoms with van der Waals surface area (Å²) in [6.45, 7) is 3.94. The van der Waals surface area contributed by atoms with Crippen molar-refractivity contribution in [2.75, 3.05) is 26.2 Å².